The lowest BCUT2D eigenvalue weighted by Crippen LogP contribution is -2.31. The van der Waals surface area contributed by atoms with Crippen LogP contribution in [0.1, 0.15) is 26.0 Å². The molecule has 0 fully saturated rings. The number of halogens is 2. The molecule has 1 amide bonds. The number of amides is 1. The molecule has 0 spiro atoms. The molecule has 146 valence electrons. The van der Waals surface area contributed by atoms with Crippen LogP contribution in [0.5, 0.6) is 0 Å². The van der Waals surface area contributed by atoms with E-state index in [4.69, 9.17) is 0 Å². The Morgan fingerprint density at radius 3 is 2.50 bits per heavy atom. The lowest BCUT2D eigenvalue weighted by Gasteiger charge is -2.18. The molecule has 2 aromatic carbocycles. The summed E-state index contributed by atoms with van der Waals surface area (Å²) in [7, 11) is -3.83. The molecule has 1 heterocycles. The van der Waals surface area contributed by atoms with Gasteiger partial charge in [0.05, 0.1) is 4.90 Å². The van der Waals surface area contributed by atoms with Gasteiger partial charge >= 0.3 is 0 Å². The van der Waals surface area contributed by atoms with E-state index in [9.17, 15) is 17.6 Å². The van der Waals surface area contributed by atoms with Crippen LogP contribution in [0.2, 0.25) is 0 Å². The normalized spacial score (nSPS) is 12.5. The van der Waals surface area contributed by atoms with Crippen LogP contribution in [-0.2, 0) is 9.84 Å². The first-order valence-electron chi connectivity index (χ1n) is 8.36. The first-order chi connectivity index (χ1) is 13.3. The molecule has 0 radical (unpaired) electrons. The molecule has 1 aromatic heterocycles. The van der Waals surface area contributed by atoms with Crippen LogP contribution in [0.25, 0.3) is 0 Å². The predicted octanol–water partition coefficient (Wildman–Crippen LogP) is 4.90. The summed E-state index contributed by atoms with van der Waals surface area (Å²) >= 11 is 4.61. The average molecular weight is 482 g/mol. The number of hydrogen-bond acceptors (Lipinski definition) is 4. The van der Waals surface area contributed by atoms with Crippen LogP contribution >= 0.6 is 27.3 Å². The van der Waals surface area contributed by atoms with E-state index in [0.29, 0.717) is 10.4 Å². The van der Waals surface area contributed by atoms with Crippen LogP contribution < -0.4 is 5.32 Å². The first kappa shape index (κ1) is 20.7. The second-order valence-corrected chi connectivity index (χ2v) is 10.2. The predicted molar refractivity (Wildman–Crippen MR) is 112 cm³/mol. The van der Waals surface area contributed by atoms with Gasteiger partial charge in [-0.25, -0.2) is 12.8 Å². The Morgan fingerprint density at radius 2 is 1.89 bits per heavy atom. The molecule has 1 atom stereocenters. The number of nitrogens with one attached hydrogen (secondary N) is 1. The summed E-state index contributed by atoms with van der Waals surface area (Å²) in [4.78, 5) is 13.1. The molecule has 28 heavy (non-hydrogen) atoms. The quantitative estimate of drug-likeness (QED) is 0.509. The monoisotopic (exact) mass is 481 g/mol. The molecule has 3 aromatic rings. The van der Waals surface area contributed by atoms with E-state index >= 15 is 0 Å². The molecule has 1 unspecified atom stereocenters. The average Bonchev–Trinajstić information content (AvgIpc) is 3.18. The number of sulfone groups is 1. The van der Waals surface area contributed by atoms with Crippen molar-refractivity contribution in [2.24, 2.45) is 0 Å². The van der Waals surface area contributed by atoms with Gasteiger partial charge in [0, 0.05) is 21.5 Å². The van der Waals surface area contributed by atoms with Crippen molar-refractivity contribution in [2.75, 3.05) is 6.54 Å². The van der Waals surface area contributed by atoms with E-state index in [-0.39, 0.29) is 22.9 Å². The third-order valence-electron chi connectivity index (χ3n) is 4.25. The fraction of sp³-hybridized carbons (Fsp3) is 0.150. The van der Waals surface area contributed by atoms with Gasteiger partial charge in [0.25, 0.3) is 5.91 Å². The van der Waals surface area contributed by atoms with E-state index in [1.807, 2.05) is 0 Å². The van der Waals surface area contributed by atoms with Crippen molar-refractivity contribution in [3.8, 4) is 0 Å². The summed E-state index contributed by atoms with van der Waals surface area (Å²) in [6, 6.07) is 14.0. The third-order valence-corrected chi connectivity index (χ3v) is 7.99. The zero-order valence-corrected chi connectivity index (χ0v) is 18.1. The van der Waals surface area contributed by atoms with Gasteiger partial charge < -0.3 is 5.32 Å². The van der Waals surface area contributed by atoms with Crippen molar-refractivity contribution in [3.63, 3.8) is 0 Å². The van der Waals surface area contributed by atoms with E-state index in [2.05, 4.69) is 21.2 Å². The highest BCUT2D eigenvalue weighted by atomic mass is 79.9. The number of benzene rings is 2. The van der Waals surface area contributed by atoms with Crippen molar-refractivity contribution in [3.05, 3.63) is 86.3 Å². The second-order valence-electron chi connectivity index (χ2n) is 6.18. The molecular weight excluding hydrogens is 465 g/mol. The molecule has 0 aliphatic carbocycles. The Morgan fingerprint density at radius 1 is 1.18 bits per heavy atom. The summed E-state index contributed by atoms with van der Waals surface area (Å²) in [6.45, 7) is 1.43. The zero-order valence-electron chi connectivity index (χ0n) is 14.9. The van der Waals surface area contributed by atoms with Gasteiger partial charge in [-0.15, -0.1) is 11.3 Å². The van der Waals surface area contributed by atoms with Gasteiger partial charge in [-0.2, -0.15) is 0 Å². The third kappa shape index (κ3) is 4.51. The molecule has 0 saturated heterocycles. The number of aryl methyl sites for hydroxylation is 1. The Balaban J connectivity index is 1.88. The molecule has 3 rings (SSSR count). The van der Waals surface area contributed by atoms with Gasteiger partial charge in [-0.1, -0.05) is 22.0 Å². The van der Waals surface area contributed by atoms with E-state index < -0.39 is 20.9 Å². The summed E-state index contributed by atoms with van der Waals surface area (Å²) in [6.07, 6.45) is 0. The lowest BCUT2D eigenvalue weighted by atomic mass is 10.2. The highest BCUT2D eigenvalue weighted by Crippen LogP contribution is 2.32. The fourth-order valence-electron chi connectivity index (χ4n) is 2.68. The molecule has 0 saturated carbocycles. The van der Waals surface area contributed by atoms with Crippen molar-refractivity contribution in [1.29, 1.82) is 0 Å². The van der Waals surface area contributed by atoms with Crippen LogP contribution in [-0.4, -0.2) is 20.9 Å². The number of hydrogen-bond donors (Lipinski definition) is 1. The van der Waals surface area contributed by atoms with Crippen LogP contribution in [0.3, 0.4) is 0 Å². The molecular formula is C20H17BrFNO3S2. The van der Waals surface area contributed by atoms with Crippen LogP contribution in [0.4, 0.5) is 4.39 Å². The minimum atomic E-state index is -3.83. The summed E-state index contributed by atoms with van der Waals surface area (Å²) in [5.41, 5.74) is 0.688. The smallest absolute Gasteiger partial charge is 0.251 e. The largest absolute Gasteiger partial charge is 0.350 e. The maximum atomic E-state index is 13.6. The number of carbonyl (C=O) groups excluding carboxylic acids is 1. The molecule has 0 aliphatic heterocycles. The van der Waals surface area contributed by atoms with E-state index in [1.54, 1.807) is 41.8 Å². The van der Waals surface area contributed by atoms with Gasteiger partial charge in [-0.3, -0.25) is 4.79 Å². The van der Waals surface area contributed by atoms with Gasteiger partial charge in [-0.05, 0) is 66.4 Å². The molecule has 8 heteroatoms. The summed E-state index contributed by atoms with van der Waals surface area (Å²) in [5, 5.41) is 3.53. The zero-order chi connectivity index (χ0) is 20.3. The Hall–Kier alpha value is -2.03. The molecule has 1 N–H and O–H groups in total. The van der Waals surface area contributed by atoms with Crippen molar-refractivity contribution >= 4 is 43.0 Å². The maximum absolute atomic E-state index is 13.6. The van der Waals surface area contributed by atoms with Crippen LogP contribution in [0.15, 0.2) is 69.3 Å². The van der Waals surface area contributed by atoms with Crippen molar-refractivity contribution in [2.45, 2.75) is 17.1 Å². The minimum Gasteiger partial charge on any atom is -0.350 e. The fourth-order valence-corrected chi connectivity index (χ4v) is 5.82. The summed E-state index contributed by atoms with van der Waals surface area (Å²) in [5.74, 6) is -0.824. The second kappa shape index (κ2) is 8.55. The Labute approximate surface area is 175 Å². The minimum absolute atomic E-state index is 0.0303. The highest BCUT2D eigenvalue weighted by Gasteiger charge is 2.31. The van der Waals surface area contributed by atoms with Gasteiger partial charge in [0.2, 0.25) is 0 Å². The van der Waals surface area contributed by atoms with Crippen molar-refractivity contribution in [1.82, 2.24) is 5.32 Å². The lowest BCUT2D eigenvalue weighted by molar-refractivity contribution is 0.0953. The van der Waals surface area contributed by atoms with Crippen LogP contribution in [0, 0.1) is 12.7 Å². The molecule has 4 nitrogen and oxygen atoms in total. The van der Waals surface area contributed by atoms with Crippen molar-refractivity contribution < 1.29 is 17.6 Å². The SMILES string of the molecule is Cc1cc(S(=O)(=O)C(CNC(=O)c2ccc(Br)cc2)c2cccs2)ccc1F. The standard InChI is InChI=1S/C20H17BrFNO3S2/c1-13-11-16(8-9-17(13)22)28(25,26)19(18-3-2-10-27-18)12-23-20(24)14-4-6-15(21)7-5-14/h2-11,19H,12H2,1H3,(H,23,24). The van der Waals surface area contributed by atoms with Gasteiger partial charge in [0.1, 0.15) is 11.1 Å². The van der Waals surface area contributed by atoms with E-state index in [1.165, 1.54) is 30.4 Å². The van der Waals surface area contributed by atoms with Gasteiger partial charge in [0.15, 0.2) is 9.84 Å². The topological polar surface area (TPSA) is 63.2 Å². The maximum Gasteiger partial charge on any atom is 0.251 e. The highest BCUT2D eigenvalue weighted by molar-refractivity contribution is 9.10. The number of thiophene rings is 1. The molecule has 0 bridgehead atoms. The summed E-state index contributed by atoms with van der Waals surface area (Å²) < 4.78 is 40.9. The van der Waals surface area contributed by atoms with E-state index in [0.717, 1.165) is 10.5 Å². The number of carbonyl (C=O) groups is 1. The Kier molecular flexibility index (Phi) is 6.32. The molecule has 0 aliphatic rings. The Bertz CT molecular complexity index is 1080. The first-order valence-corrected chi connectivity index (χ1v) is 11.6. The number of rotatable bonds is 6.